The Bertz CT molecular complexity index is 639. The minimum atomic E-state index is 0.283. The van der Waals surface area contributed by atoms with Gasteiger partial charge >= 0.3 is 0 Å². The van der Waals surface area contributed by atoms with E-state index in [0.29, 0.717) is 22.7 Å². The molecular formula is C13H12ClN3O2S. The zero-order chi connectivity index (χ0) is 13.9. The maximum absolute atomic E-state index is 5.95. The summed E-state index contributed by atoms with van der Waals surface area (Å²) in [7, 11) is 0. The highest BCUT2D eigenvalue weighted by Crippen LogP contribution is 2.32. The van der Waals surface area contributed by atoms with Crippen molar-refractivity contribution in [3.8, 4) is 11.5 Å². The molecular weight excluding hydrogens is 298 g/mol. The lowest BCUT2D eigenvalue weighted by molar-refractivity contribution is 0.174. The summed E-state index contributed by atoms with van der Waals surface area (Å²) < 4.78 is 10.6. The minimum Gasteiger partial charge on any atom is -0.454 e. The van der Waals surface area contributed by atoms with E-state index in [-0.39, 0.29) is 6.79 Å². The second-order valence-corrected chi connectivity index (χ2v) is 5.26. The topological polar surface area (TPSA) is 56.3 Å². The number of thioether (sulfide) groups is 1. The summed E-state index contributed by atoms with van der Waals surface area (Å²) in [5.41, 5.74) is 1.08. The Labute approximate surface area is 125 Å². The lowest BCUT2D eigenvalue weighted by Gasteiger charge is -2.07. The van der Waals surface area contributed by atoms with Crippen LogP contribution in [0.4, 0.5) is 5.82 Å². The van der Waals surface area contributed by atoms with Crippen LogP contribution in [0.1, 0.15) is 5.56 Å². The second kappa shape index (κ2) is 5.76. The smallest absolute Gasteiger partial charge is 0.231 e. The van der Waals surface area contributed by atoms with Gasteiger partial charge in [-0.3, -0.25) is 0 Å². The van der Waals surface area contributed by atoms with E-state index in [1.54, 1.807) is 6.07 Å². The molecule has 0 saturated carbocycles. The molecule has 0 spiro atoms. The van der Waals surface area contributed by atoms with Gasteiger partial charge in [-0.25, -0.2) is 9.97 Å². The summed E-state index contributed by atoms with van der Waals surface area (Å²) in [4.78, 5) is 8.44. The molecule has 1 aliphatic rings. The number of halogens is 1. The van der Waals surface area contributed by atoms with Crippen LogP contribution >= 0.6 is 23.4 Å². The van der Waals surface area contributed by atoms with Crippen LogP contribution in [-0.4, -0.2) is 23.0 Å². The number of anilines is 1. The fraction of sp³-hybridized carbons (Fsp3) is 0.231. The number of nitrogens with one attached hydrogen (secondary N) is 1. The molecule has 3 rings (SSSR count). The number of ether oxygens (including phenoxy) is 2. The third-order valence-corrected chi connectivity index (χ3v) is 3.51. The van der Waals surface area contributed by atoms with Crippen molar-refractivity contribution in [1.82, 2.24) is 9.97 Å². The van der Waals surface area contributed by atoms with E-state index in [1.807, 2.05) is 24.5 Å². The van der Waals surface area contributed by atoms with E-state index < -0.39 is 0 Å². The zero-order valence-corrected chi connectivity index (χ0v) is 12.3. The van der Waals surface area contributed by atoms with E-state index in [0.717, 1.165) is 17.1 Å². The molecule has 0 unspecified atom stereocenters. The van der Waals surface area contributed by atoms with E-state index >= 15 is 0 Å². The summed E-state index contributed by atoms with van der Waals surface area (Å²) in [6.45, 7) is 0.905. The summed E-state index contributed by atoms with van der Waals surface area (Å²) in [6.07, 6.45) is 1.91. The molecule has 20 heavy (non-hydrogen) atoms. The first kappa shape index (κ1) is 13.3. The molecule has 0 amide bonds. The van der Waals surface area contributed by atoms with Gasteiger partial charge in [0, 0.05) is 12.6 Å². The Morgan fingerprint density at radius 2 is 2.10 bits per heavy atom. The highest BCUT2D eigenvalue weighted by Gasteiger charge is 2.13. The van der Waals surface area contributed by atoms with Crippen LogP contribution < -0.4 is 14.8 Å². The number of hydrogen-bond donors (Lipinski definition) is 1. The highest BCUT2D eigenvalue weighted by atomic mass is 35.5. The average molecular weight is 310 g/mol. The number of fused-ring (bicyclic) bond motifs is 1. The molecule has 0 fully saturated rings. The zero-order valence-electron chi connectivity index (χ0n) is 10.7. The molecule has 0 aliphatic carbocycles. The Morgan fingerprint density at radius 1 is 1.25 bits per heavy atom. The Balaban J connectivity index is 1.71. The molecule has 2 heterocycles. The van der Waals surface area contributed by atoms with Crippen molar-refractivity contribution < 1.29 is 9.47 Å². The highest BCUT2D eigenvalue weighted by molar-refractivity contribution is 7.98. The van der Waals surface area contributed by atoms with Crippen LogP contribution in [0, 0.1) is 0 Å². The molecule has 0 saturated heterocycles. The van der Waals surface area contributed by atoms with Crippen molar-refractivity contribution in [2.24, 2.45) is 0 Å². The molecule has 0 radical (unpaired) electrons. The van der Waals surface area contributed by atoms with Gasteiger partial charge in [0.15, 0.2) is 16.7 Å². The van der Waals surface area contributed by atoms with Gasteiger partial charge in [0.1, 0.15) is 11.0 Å². The predicted octanol–water partition coefficient (Wildman–Crippen LogP) is 3.19. The molecule has 7 heteroatoms. The van der Waals surface area contributed by atoms with Crippen LogP contribution in [0.25, 0.3) is 0 Å². The average Bonchev–Trinajstić information content (AvgIpc) is 2.92. The van der Waals surface area contributed by atoms with Crippen molar-refractivity contribution in [3.63, 3.8) is 0 Å². The Morgan fingerprint density at radius 3 is 2.95 bits per heavy atom. The van der Waals surface area contributed by atoms with Crippen molar-refractivity contribution >= 4 is 29.2 Å². The van der Waals surface area contributed by atoms with Gasteiger partial charge in [0.2, 0.25) is 6.79 Å². The maximum atomic E-state index is 5.95. The van der Waals surface area contributed by atoms with Gasteiger partial charge in [0.05, 0.1) is 0 Å². The first-order valence-corrected chi connectivity index (χ1v) is 7.56. The second-order valence-electron chi connectivity index (χ2n) is 4.10. The first-order chi connectivity index (χ1) is 9.74. The van der Waals surface area contributed by atoms with Crippen LogP contribution in [0.2, 0.25) is 5.15 Å². The molecule has 5 nitrogen and oxygen atoms in total. The van der Waals surface area contributed by atoms with E-state index in [9.17, 15) is 0 Å². The number of aromatic nitrogens is 2. The Kier molecular flexibility index (Phi) is 3.84. The predicted molar refractivity (Wildman–Crippen MR) is 78.7 cm³/mol. The van der Waals surface area contributed by atoms with Gasteiger partial charge in [-0.15, -0.1) is 0 Å². The van der Waals surface area contributed by atoms with E-state index in [4.69, 9.17) is 21.1 Å². The largest absolute Gasteiger partial charge is 0.454 e. The van der Waals surface area contributed by atoms with Crippen LogP contribution in [0.5, 0.6) is 11.5 Å². The molecule has 1 aliphatic heterocycles. The van der Waals surface area contributed by atoms with E-state index in [2.05, 4.69) is 15.3 Å². The minimum absolute atomic E-state index is 0.283. The van der Waals surface area contributed by atoms with Crippen molar-refractivity contribution in [1.29, 1.82) is 0 Å². The lowest BCUT2D eigenvalue weighted by Crippen LogP contribution is -2.02. The monoisotopic (exact) mass is 309 g/mol. The van der Waals surface area contributed by atoms with Gasteiger partial charge in [-0.05, 0) is 24.0 Å². The fourth-order valence-corrected chi connectivity index (χ4v) is 2.43. The number of benzene rings is 1. The molecule has 1 N–H and O–H groups in total. The van der Waals surface area contributed by atoms with Gasteiger partial charge in [0.25, 0.3) is 0 Å². The molecule has 0 bridgehead atoms. The molecule has 1 aromatic carbocycles. The standard InChI is InChI=1S/C13H12ClN3O2S/c1-20-13-16-11(14)5-12(17-13)15-6-8-2-3-9-10(4-8)19-7-18-9/h2-5H,6-7H2,1H3,(H,15,16,17). The number of hydrogen-bond acceptors (Lipinski definition) is 6. The third kappa shape index (κ3) is 2.91. The molecule has 0 atom stereocenters. The molecule has 2 aromatic rings. The van der Waals surface area contributed by atoms with Crippen molar-refractivity contribution in [3.05, 3.63) is 35.0 Å². The maximum Gasteiger partial charge on any atom is 0.231 e. The lowest BCUT2D eigenvalue weighted by atomic mass is 10.2. The summed E-state index contributed by atoms with van der Waals surface area (Å²) in [5, 5.41) is 4.29. The van der Waals surface area contributed by atoms with Crippen molar-refractivity contribution in [2.45, 2.75) is 11.7 Å². The summed E-state index contributed by atoms with van der Waals surface area (Å²) >= 11 is 7.40. The Hall–Kier alpha value is -1.66. The number of nitrogens with zero attached hydrogens (tertiary/aromatic N) is 2. The van der Waals surface area contributed by atoms with Gasteiger partial charge < -0.3 is 14.8 Å². The fourth-order valence-electron chi connectivity index (χ4n) is 1.82. The summed E-state index contributed by atoms with van der Waals surface area (Å²) in [5.74, 6) is 2.25. The van der Waals surface area contributed by atoms with Crippen LogP contribution in [0.3, 0.4) is 0 Å². The van der Waals surface area contributed by atoms with Gasteiger partial charge in [-0.1, -0.05) is 29.4 Å². The third-order valence-electron chi connectivity index (χ3n) is 2.77. The summed E-state index contributed by atoms with van der Waals surface area (Å²) in [6, 6.07) is 7.54. The van der Waals surface area contributed by atoms with Crippen LogP contribution in [-0.2, 0) is 6.54 Å². The number of rotatable bonds is 4. The molecule has 1 aromatic heterocycles. The quantitative estimate of drug-likeness (QED) is 0.532. The molecule has 104 valence electrons. The first-order valence-electron chi connectivity index (χ1n) is 5.95. The van der Waals surface area contributed by atoms with E-state index in [1.165, 1.54) is 11.8 Å². The van der Waals surface area contributed by atoms with Crippen LogP contribution in [0.15, 0.2) is 29.4 Å². The normalized spacial score (nSPS) is 12.5. The SMILES string of the molecule is CSc1nc(Cl)cc(NCc2ccc3c(c2)OCO3)n1. The van der Waals surface area contributed by atoms with Gasteiger partial charge in [-0.2, -0.15) is 0 Å². The van der Waals surface area contributed by atoms with Crippen molar-refractivity contribution in [2.75, 3.05) is 18.4 Å².